The second kappa shape index (κ2) is 8.16. The normalized spacial score (nSPS) is 10.2. The van der Waals surface area contributed by atoms with Crippen LogP contribution in [-0.4, -0.2) is 25.1 Å². The molecule has 5 heteroatoms. The SMILES string of the molecule is COc1cc(OC)cc(N(Cc2ccccc2)C(=O)c2ccncc2)c1. The first-order valence-electron chi connectivity index (χ1n) is 8.20. The van der Waals surface area contributed by atoms with E-state index >= 15 is 0 Å². The van der Waals surface area contributed by atoms with Gasteiger partial charge in [-0.15, -0.1) is 0 Å². The Morgan fingerprint density at radius 1 is 0.923 bits per heavy atom. The summed E-state index contributed by atoms with van der Waals surface area (Å²) in [6.07, 6.45) is 3.22. The Morgan fingerprint density at radius 2 is 1.54 bits per heavy atom. The highest BCUT2D eigenvalue weighted by Crippen LogP contribution is 2.30. The van der Waals surface area contributed by atoms with Crippen LogP contribution >= 0.6 is 0 Å². The lowest BCUT2D eigenvalue weighted by molar-refractivity contribution is 0.0985. The van der Waals surface area contributed by atoms with Gasteiger partial charge in [-0.3, -0.25) is 9.78 Å². The molecule has 0 aliphatic heterocycles. The molecule has 0 saturated carbocycles. The predicted molar refractivity (Wildman–Crippen MR) is 101 cm³/mol. The number of methoxy groups -OCH3 is 2. The predicted octanol–water partition coefficient (Wildman–Crippen LogP) is 3.95. The van der Waals surface area contributed by atoms with Crippen molar-refractivity contribution in [2.24, 2.45) is 0 Å². The molecule has 0 spiro atoms. The Morgan fingerprint density at radius 3 is 2.12 bits per heavy atom. The van der Waals surface area contributed by atoms with Crippen molar-refractivity contribution in [3.8, 4) is 11.5 Å². The van der Waals surface area contributed by atoms with Gasteiger partial charge < -0.3 is 14.4 Å². The summed E-state index contributed by atoms with van der Waals surface area (Å²) in [5.41, 5.74) is 2.29. The molecule has 0 aliphatic carbocycles. The smallest absolute Gasteiger partial charge is 0.258 e. The van der Waals surface area contributed by atoms with Crippen molar-refractivity contribution in [3.63, 3.8) is 0 Å². The molecule has 1 heterocycles. The van der Waals surface area contributed by atoms with Crippen LogP contribution in [0.1, 0.15) is 15.9 Å². The summed E-state index contributed by atoms with van der Waals surface area (Å²) in [5, 5.41) is 0. The molecule has 0 unspecified atom stereocenters. The summed E-state index contributed by atoms with van der Waals surface area (Å²) in [5.74, 6) is 1.13. The maximum Gasteiger partial charge on any atom is 0.258 e. The molecule has 3 rings (SSSR count). The van der Waals surface area contributed by atoms with E-state index in [1.165, 1.54) is 0 Å². The van der Waals surface area contributed by atoms with Crippen LogP contribution in [0.3, 0.4) is 0 Å². The van der Waals surface area contributed by atoms with Gasteiger partial charge in [0.15, 0.2) is 0 Å². The Hall–Kier alpha value is -3.34. The van der Waals surface area contributed by atoms with Gasteiger partial charge in [-0.1, -0.05) is 30.3 Å². The summed E-state index contributed by atoms with van der Waals surface area (Å²) >= 11 is 0. The second-order valence-corrected chi connectivity index (χ2v) is 5.68. The maximum atomic E-state index is 13.2. The monoisotopic (exact) mass is 348 g/mol. The standard InChI is InChI=1S/C21H20N2O3/c1-25-19-12-18(13-20(14-19)26-2)23(15-16-6-4-3-5-7-16)21(24)17-8-10-22-11-9-17/h3-14H,15H2,1-2H3. The summed E-state index contributed by atoms with van der Waals surface area (Å²) in [4.78, 5) is 18.9. The number of carbonyl (C=O) groups is 1. The van der Waals surface area contributed by atoms with Crippen molar-refractivity contribution in [2.75, 3.05) is 19.1 Å². The van der Waals surface area contributed by atoms with E-state index in [9.17, 15) is 4.79 Å². The molecule has 5 nitrogen and oxygen atoms in total. The third-order valence-electron chi connectivity index (χ3n) is 4.00. The molecular weight excluding hydrogens is 328 g/mol. The van der Waals surface area contributed by atoms with Crippen molar-refractivity contribution in [3.05, 3.63) is 84.2 Å². The first kappa shape index (κ1) is 17.5. The van der Waals surface area contributed by atoms with Gasteiger partial charge in [0.1, 0.15) is 11.5 Å². The van der Waals surface area contributed by atoms with Gasteiger partial charge in [0, 0.05) is 36.2 Å². The number of ether oxygens (including phenoxy) is 2. The first-order valence-corrected chi connectivity index (χ1v) is 8.20. The zero-order valence-electron chi connectivity index (χ0n) is 14.8. The molecule has 0 N–H and O–H groups in total. The topological polar surface area (TPSA) is 51.7 Å². The number of hydrogen-bond acceptors (Lipinski definition) is 4. The first-order chi connectivity index (χ1) is 12.7. The van der Waals surface area contributed by atoms with Crippen molar-refractivity contribution in [2.45, 2.75) is 6.54 Å². The number of amides is 1. The number of rotatable bonds is 6. The minimum atomic E-state index is -0.119. The van der Waals surface area contributed by atoms with E-state index in [0.717, 1.165) is 5.56 Å². The lowest BCUT2D eigenvalue weighted by Gasteiger charge is -2.24. The summed E-state index contributed by atoms with van der Waals surface area (Å²) in [6, 6.07) is 18.7. The Balaban J connectivity index is 2.04. The van der Waals surface area contributed by atoms with E-state index in [2.05, 4.69) is 4.98 Å². The van der Waals surface area contributed by atoms with Crippen LogP contribution in [0.5, 0.6) is 11.5 Å². The van der Waals surface area contributed by atoms with Crippen LogP contribution in [0.15, 0.2) is 73.1 Å². The Kier molecular flexibility index (Phi) is 5.49. The van der Waals surface area contributed by atoms with Gasteiger partial charge >= 0.3 is 0 Å². The summed E-state index contributed by atoms with van der Waals surface area (Å²) in [6.45, 7) is 0.429. The van der Waals surface area contributed by atoms with Crippen molar-refractivity contribution < 1.29 is 14.3 Å². The average Bonchev–Trinajstić information content (AvgIpc) is 2.72. The minimum Gasteiger partial charge on any atom is -0.497 e. The fourth-order valence-electron chi connectivity index (χ4n) is 2.64. The lowest BCUT2D eigenvalue weighted by atomic mass is 10.1. The third-order valence-corrected chi connectivity index (χ3v) is 4.00. The molecule has 1 amide bonds. The van der Waals surface area contributed by atoms with Crippen LogP contribution in [0, 0.1) is 0 Å². The van der Waals surface area contributed by atoms with Gasteiger partial charge in [-0.25, -0.2) is 0 Å². The minimum absolute atomic E-state index is 0.119. The van der Waals surface area contributed by atoms with E-state index in [1.807, 2.05) is 42.5 Å². The number of carbonyl (C=O) groups excluding carboxylic acids is 1. The number of benzene rings is 2. The number of pyridine rings is 1. The Bertz CT molecular complexity index is 845. The summed E-state index contributed by atoms with van der Waals surface area (Å²) in [7, 11) is 3.18. The van der Waals surface area contributed by atoms with Crippen molar-refractivity contribution >= 4 is 11.6 Å². The van der Waals surface area contributed by atoms with E-state index in [1.54, 1.807) is 49.7 Å². The van der Waals surface area contributed by atoms with Gasteiger partial charge in [-0.2, -0.15) is 0 Å². The number of aromatic nitrogens is 1. The molecule has 1 aromatic heterocycles. The van der Waals surface area contributed by atoms with E-state index in [4.69, 9.17) is 9.47 Å². The molecule has 0 saturated heterocycles. The van der Waals surface area contributed by atoms with Gasteiger partial charge in [0.05, 0.1) is 26.5 Å². The molecule has 132 valence electrons. The van der Waals surface area contributed by atoms with Crippen LogP contribution < -0.4 is 14.4 Å². The molecule has 2 aromatic carbocycles. The fourth-order valence-corrected chi connectivity index (χ4v) is 2.64. The highest BCUT2D eigenvalue weighted by molar-refractivity contribution is 6.06. The second-order valence-electron chi connectivity index (χ2n) is 5.68. The molecule has 26 heavy (non-hydrogen) atoms. The number of nitrogens with zero attached hydrogens (tertiary/aromatic N) is 2. The molecule has 0 aliphatic rings. The van der Waals surface area contributed by atoms with E-state index in [-0.39, 0.29) is 5.91 Å². The number of anilines is 1. The summed E-state index contributed by atoms with van der Waals surface area (Å²) < 4.78 is 10.7. The van der Waals surface area contributed by atoms with Crippen LogP contribution in [0.2, 0.25) is 0 Å². The van der Waals surface area contributed by atoms with Gasteiger partial charge in [0.25, 0.3) is 5.91 Å². The van der Waals surface area contributed by atoms with Gasteiger partial charge in [-0.05, 0) is 17.7 Å². The highest BCUT2D eigenvalue weighted by Gasteiger charge is 2.20. The van der Waals surface area contributed by atoms with Crippen LogP contribution in [0.4, 0.5) is 5.69 Å². The van der Waals surface area contributed by atoms with Crippen molar-refractivity contribution in [1.29, 1.82) is 0 Å². The van der Waals surface area contributed by atoms with E-state index < -0.39 is 0 Å². The highest BCUT2D eigenvalue weighted by atomic mass is 16.5. The Labute approximate surface area is 152 Å². The van der Waals surface area contributed by atoms with E-state index in [0.29, 0.717) is 29.3 Å². The van der Waals surface area contributed by atoms with Crippen LogP contribution in [0.25, 0.3) is 0 Å². The maximum absolute atomic E-state index is 13.2. The molecular formula is C21H20N2O3. The molecule has 0 fully saturated rings. The molecule has 0 bridgehead atoms. The largest absolute Gasteiger partial charge is 0.497 e. The zero-order valence-corrected chi connectivity index (χ0v) is 14.8. The third kappa shape index (κ3) is 4.00. The molecule has 3 aromatic rings. The average molecular weight is 348 g/mol. The quantitative estimate of drug-likeness (QED) is 0.677. The van der Waals surface area contributed by atoms with Crippen LogP contribution in [-0.2, 0) is 6.54 Å². The number of hydrogen-bond donors (Lipinski definition) is 0. The van der Waals surface area contributed by atoms with Gasteiger partial charge in [0.2, 0.25) is 0 Å². The molecule has 0 atom stereocenters. The molecule has 0 radical (unpaired) electrons. The fraction of sp³-hybridized carbons (Fsp3) is 0.143. The zero-order chi connectivity index (χ0) is 18.4. The van der Waals surface area contributed by atoms with Crippen molar-refractivity contribution in [1.82, 2.24) is 4.98 Å². The lowest BCUT2D eigenvalue weighted by Crippen LogP contribution is -2.30.